The van der Waals surface area contributed by atoms with Crippen molar-refractivity contribution in [3.63, 3.8) is 0 Å². The topological polar surface area (TPSA) is 62.2 Å². The molecule has 98 valence electrons. The van der Waals surface area contributed by atoms with Gasteiger partial charge in [0, 0.05) is 12.7 Å². The molecule has 0 saturated heterocycles. The maximum Gasteiger partial charge on any atom is 0.339 e. The molecular formula is C14H20N2O2. The summed E-state index contributed by atoms with van der Waals surface area (Å²) >= 11 is 0. The van der Waals surface area contributed by atoms with Crippen LogP contribution in [0.4, 0.5) is 5.82 Å². The number of carboxylic acid groups (broad SMARTS) is 1. The minimum absolute atomic E-state index is 0.251. The van der Waals surface area contributed by atoms with Crippen molar-refractivity contribution < 1.29 is 9.90 Å². The molecule has 0 amide bonds. The lowest BCUT2D eigenvalue weighted by molar-refractivity contribution is 0.0697. The van der Waals surface area contributed by atoms with Gasteiger partial charge in [-0.25, -0.2) is 9.78 Å². The summed E-state index contributed by atoms with van der Waals surface area (Å²) in [6.07, 6.45) is 6.68. The van der Waals surface area contributed by atoms with Crippen LogP contribution < -0.4 is 5.32 Å². The van der Waals surface area contributed by atoms with Crippen molar-refractivity contribution in [2.24, 2.45) is 11.8 Å². The smallest absolute Gasteiger partial charge is 0.339 e. The average molecular weight is 248 g/mol. The molecule has 1 aliphatic carbocycles. The second-order valence-electron chi connectivity index (χ2n) is 5.22. The molecule has 1 saturated carbocycles. The average Bonchev–Trinajstić information content (AvgIpc) is 2.37. The number of anilines is 1. The Balaban J connectivity index is 1.95. The van der Waals surface area contributed by atoms with Gasteiger partial charge in [-0.05, 0) is 36.8 Å². The lowest BCUT2D eigenvalue weighted by Gasteiger charge is -2.27. The molecule has 0 aromatic carbocycles. The number of hydrogen-bond donors (Lipinski definition) is 2. The first-order valence-electron chi connectivity index (χ1n) is 6.59. The summed E-state index contributed by atoms with van der Waals surface area (Å²) in [4.78, 5) is 15.2. The van der Waals surface area contributed by atoms with Crippen molar-refractivity contribution in [2.45, 2.75) is 32.6 Å². The predicted octanol–water partition coefficient (Wildman–Crippen LogP) is 3.02. The molecule has 1 aliphatic rings. The van der Waals surface area contributed by atoms with Crippen LogP contribution >= 0.6 is 0 Å². The van der Waals surface area contributed by atoms with Crippen molar-refractivity contribution in [3.8, 4) is 0 Å². The van der Waals surface area contributed by atoms with Crippen molar-refractivity contribution >= 4 is 11.8 Å². The largest absolute Gasteiger partial charge is 0.478 e. The molecule has 1 heterocycles. The number of carbonyl (C=O) groups is 1. The summed E-state index contributed by atoms with van der Waals surface area (Å²) in [6, 6.07) is 3.23. The van der Waals surface area contributed by atoms with Gasteiger partial charge in [0.1, 0.15) is 11.4 Å². The van der Waals surface area contributed by atoms with E-state index < -0.39 is 5.97 Å². The first kappa shape index (κ1) is 12.9. The Morgan fingerprint density at radius 1 is 1.56 bits per heavy atom. The molecule has 0 radical (unpaired) electrons. The van der Waals surface area contributed by atoms with Crippen LogP contribution in [0.3, 0.4) is 0 Å². The van der Waals surface area contributed by atoms with E-state index in [0.29, 0.717) is 11.7 Å². The minimum atomic E-state index is -0.928. The third kappa shape index (κ3) is 3.22. The van der Waals surface area contributed by atoms with Crippen molar-refractivity contribution in [1.82, 2.24) is 4.98 Å². The van der Waals surface area contributed by atoms with Crippen LogP contribution in [0.2, 0.25) is 0 Å². The molecule has 1 aromatic heterocycles. The SMILES string of the molecule is CC1CCCC(CNc2ncccc2C(=O)O)C1. The zero-order valence-electron chi connectivity index (χ0n) is 10.7. The molecule has 18 heavy (non-hydrogen) atoms. The Morgan fingerprint density at radius 3 is 3.11 bits per heavy atom. The highest BCUT2D eigenvalue weighted by molar-refractivity contribution is 5.92. The van der Waals surface area contributed by atoms with Crippen molar-refractivity contribution in [1.29, 1.82) is 0 Å². The summed E-state index contributed by atoms with van der Waals surface area (Å²) in [5.41, 5.74) is 0.251. The van der Waals surface area contributed by atoms with Gasteiger partial charge in [0.2, 0.25) is 0 Å². The summed E-state index contributed by atoms with van der Waals surface area (Å²) in [7, 11) is 0. The van der Waals surface area contributed by atoms with Crippen molar-refractivity contribution in [3.05, 3.63) is 23.9 Å². The van der Waals surface area contributed by atoms with E-state index in [1.54, 1.807) is 18.3 Å². The monoisotopic (exact) mass is 248 g/mol. The molecule has 2 atom stereocenters. The highest BCUT2D eigenvalue weighted by atomic mass is 16.4. The Hall–Kier alpha value is -1.58. The highest BCUT2D eigenvalue weighted by Gasteiger charge is 2.19. The molecule has 2 rings (SSSR count). The second kappa shape index (κ2) is 5.85. The van der Waals surface area contributed by atoms with Gasteiger partial charge in [-0.2, -0.15) is 0 Å². The second-order valence-corrected chi connectivity index (χ2v) is 5.22. The van der Waals surface area contributed by atoms with E-state index in [0.717, 1.165) is 12.5 Å². The van der Waals surface area contributed by atoms with E-state index in [2.05, 4.69) is 17.2 Å². The number of nitrogens with zero attached hydrogens (tertiary/aromatic N) is 1. The number of pyridine rings is 1. The van der Waals surface area contributed by atoms with E-state index in [4.69, 9.17) is 5.11 Å². The van der Waals surface area contributed by atoms with Gasteiger partial charge in [0.05, 0.1) is 0 Å². The third-order valence-corrected chi connectivity index (χ3v) is 3.64. The first-order valence-corrected chi connectivity index (χ1v) is 6.59. The van der Waals surface area contributed by atoms with E-state index in [1.165, 1.54) is 25.7 Å². The van der Waals surface area contributed by atoms with Crippen LogP contribution in [0.15, 0.2) is 18.3 Å². The predicted molar refractivity (Wildman–Crippen MR) is 70.8 cm³/mol. The van der Waals surface area contributed by atoms with E-state index in [1.807, 2.05) is 0 Å². The molecule has 1 aromatic rings. The lowest BCUT2D eigenvalue weighted by atomic mass is 9.82. The molecular weight excluding hydrogens is 228 g/mol. The van der Waals surface area contributed by atoms with Crippen LogP contribution in [-0.2, 0) is 0 Å². The van der Waals surface area contributed by atoms with Gasteiger partial charge in [-0.1, -0.05) is 19.8 Å². The van der Waals surface area contributed by atoms with Crippen LogP contribution in [-0.4, -0.2) is 22.6 Å². The highest BCUT2D eigenvalue weighted by Crippen LogP contribution is 2.28. The molecule has 4 heteroatoms. The fourth-order valence-corrected chi connectivity index (χ4v) is 2.70. The van der Waals surface area contributed by atoms with Gasteiger partial charge in [0.25, 0.3) is 0 Å². The van der Waals surface area contributed by atoms with Crippen LogP contribution in [0.1, 0.15) is 43.0 Å². The van der Waals surface area contributed by atoms with Gasteiger partial charge < -0.3 is 10.4 Å². The Kier molecular flexibility index (Phi) is 4.18. The standard InChI is InChI=1S/C14H20N2O2/c1-10-4-2-5-11(8-10)9-16-13-12(14(17)18)6-3-7-15-13/h3,6-7,10-11H,2,4-5,8-9H2,1H3,(H,15,16)(H,17,18). The van der Waals surface area contributed by atoms with Crippen LogP contribution in [0, 0.1) is 11.8 Å². The summed E-state index contributed by atoms with van der Waals surface area (Å²) in [5.74, 6) is 0.983. The van der Waals surface area contributed by atoms with Gasteiger partial charge in [-0.3, -0.25) is 0 Å². The first-order chi connectivity index (χ1) is 8.66. The molecule has 2 unspecified atom stereocenters. The molecule has 4 nitrogen and oxygen atoms in total. The lowest BCUT2D eigenvalue weighted by Crippen LogP contribution is -2.22. The van der Waals surface area contributed by atoms with Crippen LogP contribution in [0.5, 0.6) is 0 Å². The normalized spacial score (nSPS) is 23.6. The number of aromatic carboxylic acids is 1. The summed E-state index contributed by atoms with van der Waals surface area (Å²) in [5, 5.41) is 12.3. The Morgan fingerprint density at radius 2 is 2.39 bits per heavy atom. The fraction of sp³-hybridized carbons (Fsp3) is 0.571. The number of nitrogens with one attached hydrogen (secondary N) is 1. The zero-order chi connectivity index (χ0) is 13.0. The van der Waals surface area contributed by atoms with Crippen LogP contribution in [0.25, 0.3) is 0 Å². The number of rotatable bonds is 4. The van der Waals surface area contributed by atoms with Gasteiger partial charge in [0.15, 0.2) is 0 Å². The van der Waals surface area contributed by atoms with E-state index in [9.17, 15) is 4.79 Å². The summed E-state index contributed by atoms with van der Waals surface area (Å²) in [6.45, 7) is 3.11. The molecule has 0 aliphatic heterocycles. The molecule has 0 bridgehead atoms. The van der Waals surface area contributed by atoms with E-state index >= 15 is 0 Å². The maximum absolute atomic E-state index is 11.0. The number of aromatic nitrogens is 1. The zero-order valence-corrected chi connectivity index (χ0v) is 10.7. The minimum Gasteiger partial charge on any atom is -0.478 e. The van der Waals surface area contributed by atoms with Gasteiger partial charge >= 0.3 is 5.97 Å². The third-order valence-electron chi connectivity index (χ3n) is 3.64. The Labute approximate surface area is 107 Å². The number of carboxylic acids is 1. The maximum atomic E-state index is 11.0. The fourth-order valence-electron chi connectivity index (χ4n) is 2.70. The molecule has 1 fully saturated rings. The van der Waals surface area contributed by atoms with Crippen molar-refractivity contribution in [2.75, 3.05) is 11.9 Å². The quantitative estimate of drug-likeness (QED) is 0.859. The number of hydrogen-bond acceptors (Lipinski definition) is 3. The van der Waals surface area contributed by atoms with E-state index in [-0.39, 0.29) is 5.56 Å². The van der Waals surface area contributed by atoms with Gasteiger partial charge in [-0.15, -0.1) is 0 Å². The molecule has 2 N–H and O–H groups in total. The molecule has 0 spiro atoms. The Bertz CT molecular complexity index is 420. The summed E-state index contributed by atoms with van der Waals surface area (Å²) < 4.78 is 0.